The lowest BCUT2D eigenvalue weighted by atomic mass is 10.6. The van der Waals surface area contributed by atoms with E-state index in [1.807, 2.05) is 0 Å². The zero-order valence-corrected chi connectivity index (χ0v) is 15.3. The Morgan fingerprint density at radius 2 is 0.556 bits per heavy atom. The van der Waals surface area contributed by atoms with E-state index in [1.54, 1.807) is 34.6 Å². The molecule has 13 nitrogen and oxygen atoms in total. The van der Waals surface area contributed by atoms with E-state index >= 15 is 0 Å². The van der Waals surface area contributed by atoms with Gasteiger partial charge in [-0.25, -0.2) is 9.97 Å². The molecule has 3 rings (SSSR count). The molecule has 0 spiro atoms. The van der Waals surface area contributed by atoms with E-state index in [9.17, 15) is 0 Å². The summed E-state index contributed by atoms with van der Waals surface area (Å²) < 4.78 is 0. The van der Waals surface area contributed by atoms with Gasteiger partial charge in [-0.05, 0) is 34.6 Å². The average molecular weight is 365 g/mol. The van der Waals surface area contributed by atoms with Gasteiger partial charge in [0.1, 0.15) is 29.1 Å². The fraction of sp³-hybridized carbons (Fsp3) is 0.357. The lowest BCUT2D eigenvalue weighted by Gasteiger charge is -1.98. The summed E-state index contributed by atoms with van der Waals surface area (Å²) in [5, 5.41) is 15.7. The molecule has 0 aliphatic heterocycles. The van der Waals surface area contributed by atoms with Crippen molar-refractivity contribution in [2.45, 2.75) is 34.6 Å². The topological polar surface area (TPSA) is 165 Å². The van der Waals surface area contributed by atoms with Gasteiger partial charge < -0.3 is 0 Å². The van der Waals surface area contributed by atoms with Crippen LogP contribution in [0.3, 0.4) is 0 Å². The molecule has 136 valence electrons. The predicted octanol–water partition coefficient (Wildman–Crippen LogP) is 2.61. The Bertz CT molecular complexity index is 923. The number of aromatic nitrogens is 9. The van der Waals surface area contributed by atoms with Gasteiger partial charge in [0.25, 0.3) is 23.8 Å². The minimum absolute atomic E-state index is 0.0511. The Balaban J connectivity index is 1.85. The number of nitrogens with zero attached hydrogens (tertiary/aromatic N) is 13. The molecule has 3 aromatic rings. The average Bonchev–Trinajstić information content (AvgIpc) is 2.56. The number of aryl methyl sites for hydroxylation is 5. The van der Waals surface area contributed by atoms with Gasteiger partial charge in [0.2, 0.25) is 0 Å². The summed E-state index contributed by atoms with van der Waals surface area (Å²) in [6.45, 7) is 8.63. The van der Waals surface area contributed by atoms with Crippen LogP contribution < -0.4 is 0 Å². The van der Waals surface area contributed by atoms with Crippen molar-refractivity contribution in [3.8, 4) is 0 Å². The fourth-order valence-corrected chi connectivity index (χ4v) is 2.01. The first-order valence-corrected chi connectivity index (χ1v) is 7.82. The van der Waals surface area contributed by atoms with E-state index in [1.165, 1.54) is 0 Å². The van der Waals surface area contributed by atoms with Crippen LogP contribution in [0.1, 0.15) is 29.1 Å². The third-order valence-electron chi connectivity index (χ3n) is 2.88. The molecule has 0 saturated carbocycles. The van der Waals surface area contributed by atoms with Gasteiger partial charge in [-0.1, -0.05) is 0 Å². The molecule has 3 heterocycles. The normalized spacial score (nSPS) is 11.6. The van der Waals surface area contributed by atoms with Gasteiger partial charge in [0.15, 0.2) is 0 Å². The largest absolute Gasteiger partial charge is 0.274 e. The summed E-state index contributed by atoms with van der Waals surface area (Å²) >= 11 is 0. The van der Waals surface area contributed by atoms with Crippen LogP contribution in [0.15, 0.2) is 20.5 Å². The SMILES string of the molecule is Cc1nc(C)nc(/N=N/c2nc(C)nc(/N=N/c3nc(C)nc(C)n3)n2)n1. The van der Waals surface area contributed by atoms with Crippen LogP contribution in [0.4, 0.5) is 23.8 Å². The third kappa shape index (κ3) is 5.10. The summed E-state index contributed by atoms with van der Waals surface area (Å²) in [6.07, 6.45) is 0. The van der Waals surface area contributed by atoms with E-state index in [-0.39, 0.29) is 23.8 Å². The molecule has 0 amide bonds. The Morgan fingerprint density at radius 1 is 0.333 bits per heavy atom. The summed E-state index contributed by atoms with van der Waals surface area (Å²) in [4.78, 5) is 36.6. The molecule has 0 saturated heterocycles. The van der Waals surface area contributed by atoms with E-state index < -0.39 is 0 Å². The molecule has 0 N–H and O–H groups in total. The molecule has 0 atom stereocenters. The fourth-order valence-electron chi connectivity index (χ4n) is 2.01. The highest BCUT2D eigenvalue weighted by atomic mass is 15.3. The molecule has 0 unspecified atom stereocenters. The van der Waals surface area contributed by atoms with E-state index in [0.717, 1.165) is 0 Å². The minimum atomic E-state index is 0.0511. The van der Waals surface area contributed by atoms with Gasteiger partial charge in [0.05, 0.1) is 0 Å². The highest BCUT2D eigenvalue weighted by molar-refractivity contribution is 5.26. The second-order valence-electron chi connectivity index (χ2n) is 5.34. The Hall–Kier alpha value is -3.77. The van der Waals surface area contributed by atoms with Gasteiger partial charge in [-0.2, -0.15) is 34.9 Å². The highest BCUT2D eigenvalue weighted by Crippen LogP contribution is 2.16. The van der Waals surface area contributed by atoms with Crippen LogP contribution in [-0.4, -0.2) is 44.9 Å². The summed E-state index contributed by atoms with van der Waals surface area (Å²) in [5.74, 6) is 3.00. The van der Waals surface area contributed by atoms with Gasteiger partial charge in [-0.15, -0.1) is 20.5 Å². The molecule has 0 bridgehead atoms. The van der Waals surface area contributed by atoms with Crippen molar-refractivity contribution in [1.82, 2.24) is 44.9 Å². The van der Waals surface area contributed by atoms with Gasteiger partial charge in [0, 0.05) is 0 Å². The van der Waals surface area contributed by atoms with Crippen molar-refractivity contribution in [2.75, 3.05) is 0 Å². The van der Waals surface area contributed by atoms with Crippen molar-refractivity contribution >= 4 is 23.8 Å². The van der Waals surface area contributed by atoms with Crippen molar-refractivity contribution in [1.29, 1.82) is 0 Å². The van der Waals surface area contributed by atoms with Crippen LogP contribution in [0.5, 0.6) is 0 Å². The number of hydrogen-bond acceptors (Lipinski definition) is 13. The molecule has 13 heteroatoms. The van der Waals surface area contributed by atoms with Crippen LogP contribution in [-0.2, 0) is 0 Å². The van der Waals surface area contributed by atoms with E-state index in [2.05, 4.69) is 65.3 Å². The van der Waals surface area contributed by atoms with E-state index in [0.29, 0.717) is 29.1 Å². The number of rotatable bonds is 4. The number of azo groups is 2. The second kappa shape index (κ2) is 7.63. The summed E-state index contributed by atoms with van der Waals surface area (Å²) in [6, 6.07) is 0. The first kappa shape index (κ1) is 18.0. The first-order chi connectivity index (χ1) is 12.9. The monoisotopic (exact) mass is 365 g/mol. The standard InChI is InChI=1S/C14H15N13/c1-6-15-7(2)18-11(17-6)24-26-13-21-10(5)22-14(23-13)27-25-12-19-8(3)16-9(4)20-12/h1-5H3/b26-24+,27-25+. The van der Waals surface area contributed by atoms with Crippen LogP contribution in [0, 0.1) is 34.6 Å². The van der Waals surface area contributed by atoms with Crippen molar-refractivity contribution in [3.05, 3.63) is 29.1 Å². The molecule has 0 aliphatic carbocycles. The molecular formula is C14H15N13. The van der Waals surface area contributed by atoms with Crippen LogP contribution in [0.25, 0.3) is 0 Å². The highest BCUT2D eigenvalue weighted by Gasteiger charge is 2.05. The van der Waals surface area contributed by atoms with Gasteiger partial charge >= 0.3 is 0 Å². The minimum Gasteiger partial charge on any atom is -0.218 e. The maximum absolute atomic E-state index is 4.08. The molecule has 3 aromatic heterocycles. The Labute approximate surface area is 153 Å². The second-order valence-corrected chi connectivity index (χ2v) is 5.34. The van der Waals surface area contributed by atoms with Gasteiger partial charge in [-0.3, -0.25) is 0 Å². The maximum atomic E-state index is 4.08. The smallest absolute Gasteiger partial charge is 0.218 e. The summed E-state index contributed by atoms with van der Waals surface area (Å²) in [5.41, 5.74) is 0. The molecule has 0 aliphatic rings. The predicted molar refractivity (Wildman–Crippen MR) is 91.5 cm³/mol. The van der Waals surface area contributed by atoms with Crippen LogP contribution >= 0.6 is 0 Å². The lowest BCUT2D eigenvalue weighted by molar-refractivity contribution is 0.876. The summed E-state index contributed by atoms with van der Waals surface area (Å²) in [7, 11) is 0. The Kier molecular flexibility index (Phi) is 5.10. The van der Waals surface area contributed by atoms with Crippen molar-refractivity contribution < 1.29 is 0 Å². The zero-order chi connectivity index (χ0) is 19.4. The van der Waals surface area contributed by atoms with Crippen LogP contribution in [0.2, 0.25) is 0 Å². The molecule has 0 radical (unpaired) electrons. The van der Waals surface area contributed by atoms with Crippen molar-refractivity contribution in [3.63, 3.8) is 0 Å². The first-order valence-electron chi connectivity index (χ1n) is 7.82. The quantitative estimate of drug-likeness (QED) is 0.631. The third-order valence-corrected chi connectivity index (χ3v) is 2.88. The number of hydrogen-bond donors (Lipinski definition) is 0. The molecule has 0 fully saturated rings. The molecule has 0 aromatic carbocycles. The maximum Gasteiger partial charge on any atom is 0.274 e. The zero-order valence-electron chi connectivity index (χ0n) is 15.3. The van der Waals surface area contributed by atoms with Crippen molar-refractivity contribution in [2.24, 2.45) is 20.5 Å². The Morgan fingerprint density at radius 3 is 0.852 bits per heavy atom. The lowest BCUT2D eigenvalue weighted by Crippen LogP contribution is -1.95. The van der Waals surface area contributed by atoms with E-state index in [4.69, 9.17) is 0 Å². The molecular weight excluding hydrogens is 350 g/mol. The molecule has 27 heavy (non-hydrogen) atoms.